The van der Waals surface area contributed by atoms with Crippen LogP contribution in [0.15, 0.2) is 24.3 Å². The number of nitriles is 1. The second kappa shape index (κ2) is 10.1. The predicted octanol–water partition coefficient (Wildman–Crippen LogP) is 2.19. The van der Waals surface area contributed by atoms with Gasteiger partial charge in [-0.05, 0) is 57.2 Å². The van der Waals surface area contributed by atoms with Gasteiger partial charge in [-0.3, -0.25) is 9.59 Å². The maximum atomic E-state index is 13.7. The molecule has 9 heteroatoms. The van der Waals surface area contributed by atoms with Crippen molar-refractivity contribution in [1.82, 2.24) is 15.2 Å². The van der Waals surface area contributed by atoms with Crippen molar-refractivity contribution in [3.8, 4) is 6.07 Å². The summed E-state index contributed by atoms with van der Waals surface area (Å²) in [5.41, 5.74) is 5.51. The van der Waals surface area contributed by atoms with Crippen molar-refractivity contribution >= 4 is 28.7 Å². The number of carboxylic acid groups (broad SMARTS) is 1. The van der Waals surface area contributed by atoms with Crippen LogP contribution in [0.4, 0.5) is 0 Å². The maximum absolute atomic E-state index is 13.7. The number of aromatic carboxylic acids is 1. The minimum Gasteiger partial charge on any atom is -0.477 e. The van der Waals surface area contributed by atoms with E-state index in [1.165, 1.54) is 0 Å². The van der Waals surface area contributed by atoms with E-state index >= 15 is 0 Å². The molecule has 1 aliphatic carbocycles. The Bertz CT molecular complexity index is 1180. The first kappa shape index (κ1) is 24.7. The molecule has 3 atom stereocenters. The Labute approximate surface area is 204 Å². The summed E-state index contributed by atoms with van der Waals surface area (Å²) < 4.78 is 1.55. The van der Waals surface area contributed by atoms with Crippen LogP contribution in [0.1, 0.15) is 61.0 Å². The standard InChI is InChI=1S/C26H33N5O4/c1-31-20-8-3-2-6-18(20)21(22(31)24(33)34)26(25(28)35)11-5-4-7-19(26)23(32)30-17(15-27)14-16-9-12-29-13-10-16/h2-3,6,8,16-17,19,29H,4-5,7,9-14H2,1H3,(H2,28,35)(H,30,32)(H,33,34)/t17?,19-,26-/m0/s1. The lowest BCUT2D eigenvalue weighted by Crippen LogP contribution is -2.56. The van der Waals surface area contributed by atoms with Gasteiger partial charge in [-0.2, -0.15) is 5.26 Å². The fraction of sp³-hybridized carbons (Fsp3) is 0.538. The second-order valence-electron chi connectivity index (χ2n) is 9.86. The Morgan fingerprint density at radius 3 is 2.63 bits per heavy atom. The lowest BCUT2D eigenvalue weighted by Gasteiger charge is -2.41. The summed E-state index contributed by atoms with van der Waals surface area (Å²) in [7, 11) is 1.65. The van der Waals surface area contributed by atoms with Gasteiger partial charge in [0.2, 0.25) is 11.8 Å². The fourth-order valence-corrected chi connectivity index (χ4v) is 6.21. The number of nitrogens with two attached hydrogens (primary N) is 1. The van der Waals surface area contributed by atoms with Gasteiger partial charge in [0.25, 0.3) is 0 Å². The van der Waals surface area contributed by atoms with Gasteiger partial charge in [0.15, 0.2) is 0 Å². The van der Waals surface area contributed by atoms with Crippen LogP contribution in [-0.2, 0) is 22.1 Å². The molecule has 2 fully saturated rings. The van der Waals surface area contributed by atoms with Gasteiger partial charge < -0.3 is 26.0 Å². The number of aryl methyl sites for hydroxylation is 1. The zero-order chi connectivity index (χ0) is 25.2. The number of piperidine rings is 1. The SMILES string of the molecule is Cn1c(C(=O)O)c([C@]2(C(N)=O)CCCC[C@H]2C(=O)NC(C#N)CC2CCNCC2)c2ccccc21. The zero-order valence-electron chi connectivity index (χ0n) is 20.0. The van der Waals surface area contributed by atoms with Gasteiger partial charge in [-0.25, -0.2) is 4.79 Å². The quantitative estimate of drug-likeness (QED) is 0.478. The highest BCUT2D eigenvalue weighted by Crippen LogP contribution is 2.48. The molecule has 1 aromatic heterocycles. The lowest BCUT2D eigenvalue weighted by molar-refractivity contribution is -0.137. The first-order valence-electron chi connectivity index (χ1n) is 12.3. The predicted molar refractivity (Wildman–Crippen MR) is 130 cm³/mol. The molecule has 1 saturated heterocycles. The molecule has 1 aliphatic heterocycles. The summed E-state index contributed by atoms with van der Waals surface area (Å²) in [5.74, 6) is -2.81. The number of carbonyl (C=O) groups excluding carboxylic acids is 2. The van der Waals surface area contributed by atoms with E-state index in [1.807, 2.05) is 0 Å². The third-order valence-corrected chi connectivity index (χ3v) is 7.92. The Kier molecular flexibility index (Phi) is 7.13. The average molecular weight is 480 g/mol. The molecule has 0 bridgehead atoms. The Morgan fingerprint density at radius 1 is 1.26 bits per heavy atom. The highest BCUT2D eigenvalue weighted by Gasteiger charge is 2.54. The molecule has 2 heterocycles. The van der Waals surface area contributed by atoms with Gasteiger partial charge in [-0.1, -0.05) is 31.0 Å². The number of hydrogen-bond acceptors (Lipinski definition) is 5. The van der Waals surface area contributed by atoms with E-state index in [4.69, 9.17) is 5.73 Å². The smallest absolute Gasteiger partial charge is 0.352 e. The number of hydrogen-bond donors (Lipinski definition) is 4. The first-order chi connectivity index (χ1) is 16.8. The van der Waals surface area contributed by atoms with Crippen molar-refractivity contribution in [2.75, 3.05) is 13.1 Å². The third-order valence-electron chi connectivity index (χ3n) is 7.92. The molecule has 0 spiro atoms. The number of rotatable bonds is 7. The number of para-hydroxylation sites is 1. The van der Waals surface area contributed by atoms with E-state index in [1.54, 1.807) is 35.9 Å². The summed E-state index contributed by atoms with van der Waals surface area (Å²) in [5, 5.41) is 26.7. The van der Waals surface area contributed by atoms with E-state index in [0.717, 1.165) is 25.9 Å². The Hall–Kier alpha value is -3.38. The molecule has 35 heavy (non-hydrogen) atoms. The summed E-state index contributed by atoms with van der Waals surface area (Å²) in [6.07, 6.45) is 4.47. The van der Waals surface area contributed by atoms with Gasteiger partial charge in [-0.15, -0.1) is 0 Å². The zero-order valence-corrected chi connectivity index (χ0v) is 20.0. The molecule has 1 saturated carbocycles. The Balaban J connectivity index is 1.76. The van der Waals surface area contributed by atoms with Crippen molar-refractivity contribution in [3.63, 3.8) is 0 Å². The lowest BCUT2D eigenvalue weighted by atomic mass is 9.60. The highest BCUT2D eigenvalue weighted by atomic mass is 16.4. The molecule has 2 aromatic rings. The van der Waals surface area contributed by atoms with Crippen molar-refractivity contribution < 1.29 is 19.5 Å². The van der Waals surface area contributed by atoms with Crippen LogP contribution in [0.25, 0.3) is 10.9 Å². The molecule has 186 valence electrons. The van der Waals surface area contributed by atoms with E-state index < -0.39 is 35.2 Å². The topological polar surface area (TPSA) is 150 Å². The summed E-state index contributed by atoms with van der Waals surface area (Å²) in [6.45, 7) is 1.78. The van der Waals surface area contributed by atoms with Gasteiger partial charge in [0.05, 0.1) is 17.4 Å². The van der Waals surface area contributed by atoms with E-state index in [2.05, 4.69) is 16.7 Å². The minimum absolute atomic E-state index is 0.0313. The molecule has 1 unspecified atom stereocenters. The third kappa shape index (κ3) is 4.39. The Morgan fingerprint density at radius 2 is 1.97 bits per heavy atom. The van der Waals surface area contributed by atoms with Crippen molar-refractivity contribution in [2.45, 2.75) is 56.4 Å². The van der Waals surface area contributed by atoms with Gasteiger partial charge in [0, 0.05) is 23.5 Å². The second-order valence-corrected chi connectivity index (χ2v) is 9.86. The van der Waals surface area contributed by atoms with Gasteiger partial charge in [0.1, 0.15) is 11.7 Å². The molecule has 9 nitrogen and oxygen atoms in total. The van der Waals surface area contributed by atoms with E-state index in [-0.39, 0.29) is 12.1 Å². The van der Waals surface area contributed by atoms with E-state index in [9.17, 15) is 24.8 Å². The van der Waals surface area contributed by atoms with Crippen LogP contribution < -0.4 is 16.4 Å². The average Bonchev–Trinajstić information content (AvgIpc) is 3.17. The van der Waals surface area contributed by atoms with Crippen molar-refractivity contribution in [1.29, 1.82) is 5.26 Å². The highest BCUT2D eigenvalue weighted by molar-refractivity contribution is 6.06. The number of carboxylic acids is 1. The largest absolute Gasteiger partial charge is 0.477 e. The molecule has 0 radical (unpaired) electrons. The number of primary amides is 1. The molecule has 5 N–H and O–H groups in total. The number of benzene rings is 1. The molecule has 2 amide bonds. The van der Waals surface area contributed by atoms with Crippen molar-refractivity contribution in [3.05, 3.63) is 35.5 Å². The normalized spacial score (nSPS) is 23.9. The minimum atomic E-state index is -1.48. The summed E-state index contributed by atoms with van der Waals surface area (Å²) in [6, 6.07) is 8.70. The molecule has 2 aliphatic rings. The maximum Gasteiger partial charge on any atom is 0.352 e. The number of nitrogens with one attached hydrogen (secondary N) is 2. The number of amides is 2. The summed E-state index contributed by atoms with van der Waals surface area (Å²) >= 11 is 0. The van der Waals surface area contributed by atoms with E-state index in [0.29, 0.717) is 48.1 Å². The van der Waals surface area contributed by atoms with Crippen molar-refractivity contribution in [2.24, 2.45) is 24.6 Å². The number of fused-ring (bicyclic) bond motifs is 1. The van der Waals surface area contributed by atoms with Crippen LogP contribution in [-0.4, -0.2) is 46.6 Å². The van der Waals surface area contributed by atoms with Crippen LogP contribution in [0.3, 0.4) is 0 Å². The number of carbonyl (C=O) groups is 3. The fourth-order valence-electron chi connectivity index (χ4n) is 6.21. The molecular weight excluding hydrogens is 446 g/mol. The molecule has 4 rings (SSSR count). The number of nitrogens with zero attached hydrogens (tertiary/aromatic N) is 2. The first-order valence-corrected chi connectivity index (χ1v) is 12.3. The molecular formula is C26H33N5O4. The van der Waals surface area contributed by atoms with Crippen LogP contribution >= 0.6 is 0 Å². The monoisotopic (exact) mass is 479 g/mol. The summed E-state index contributed by atoms with van der Waals surface area (Å²) in [4.78, 5) is 39.4. The number of aromatic nitrogens is 1. The van der Waals surface area contributed by atoms with Crippen LogP contribution in [0, 0.1) is 23.2 Å². The van der Waals surface area contributed by atoms with Crippen LogP contribution in [0.2, 0.25) is 0 Å². The molecule has 1 aromatic carbocycles. The van der Waals surface area contributed by atoms with Crippen LogP contribution in [0.5, 0.6) is 0 Å². The van der Waals surface area contributed by atoms with Gasteiger partial charge >= 0.3 is 5.97 Å².